The molecule has 0 spiro atoms. The topological polar surface area (TPSA) is 65.5 Å². The summed E-state index contributed by atoms with van der Waals surface area (Å²) in [5.74, 6) is 1.33. The summed E-state index contributed by atoms with van der Waals surface area (Å²) < 4.78 is 6.07. The molecule has 3 N–H and O–H groups in total. The highest BCUT2D eigenvalue weighted by Gasteiger charge is 2.35. The van der Waals surface area contributed by atoms with Crippen molar-refractivity contribution in [3.63, 3.8) is 0 Å². The van der Waals surface area contributed by atoms with Crippen molar-refractivity contribution < 1.29 is 14.9 Å². The van der Waals surface area contributed by atoms with Crippen LogP contribution in [0.4, 0.5) is 0 Å². The van der Waals surface area contributed by atoms with Crippen LogP contribution in [0.3, 0.4) is 0 Å². The Labute approximate surface area is 163 Å². The average Bonchev–Trinajstić information content (AvgIpc) is 3.10. The number of benzene rings is 3. The molecule has 1 aromatic heterocycles. The number of rotatable bonds is 2. The number of hydrogen-bond acceptors (Lipinski definition) is 3. The van der Waals surface area contributed by atoms with Gasteiger partial charge in [0.15, 0.2) is 0 Å². The molecule has 5 rings (SSSR count). The van der Waals surface area contributed by atoms with Crippen LogP contribution in [0.2, 0.25) is 0 Å². The number of fused-ring (bicyclic) bond motifs is 2. The van der Waals surface area contributed by atoms with E-state index in [9.17, 15) is 10.2 Å². The van der Waals surface area contributed by atoms with E-state index < -0.39 is 0 Å². The number of aryl methyl sites for hydroxylation is 1. The van der Waals surface area contributed by atoms with Gasteiger partial charge in [-0.25, -0.2) is 0 Å². The molecular formula is C24H21NO3. The Balaban J connectivity index is 1.69. The van der Waals surface area contributed by atoms with Crippen LogP contribution >= 0.6 is 0 Å². The van der Waals surface area contributed by atoms with Gasteiger partial charge in [-0.2, -0.15) is 0 Å². The quantitative estimate of drug-likeness (QED) is 0.454. The molecular weight excluding hydrogens is 350 g/mol. The molecule has 0 saturated carbocycles. The predicted molar refractivity (Wildman–Crippen MR) is 109 cm³/mol. The van der Waals surface area contributed by atoms with E-state index in [1.165, 1.54) is 16.5 Å². The molecule has 0 bridgehead atoms. The Morgan fingerprint density at radius 2 is 1.68 bits per heavy atom. The molecule has 0 fully saturated rings. The number of phenolic OH excluding ortho intramolecular Hbond substituents is 2. The van der Waals surface area contributed by atoms with Crippen molar-refractivity contribution in [3.05, 3.63) is 89.1 Å². The van der Waals surface area contributed by atoms with E-state index in [0.717, 1.165) is 16.6 Å². The lowest BCUT2D eigenvalue weighted by Crippen LogP contribution is -2.25. The van der Waals surface area contributed by atoms with Crippen molar-refractivity contribution >= 4 is 10.9 Å². The average molecular weight is 371 g/mol. The van der Waals surface area contributed by atoms with Gasteiger partial charge in [0.05, 0.1) is 6.61 Å². The van der Waals surface area contributed by atoms with Crippen LogP contribution in [-0.4, -0.2) is 21.8 Å². The van der Waals surface area contributed by atoms with E-state index >= 15 is 0 Å². The first-order chi connectivity index (χ1) is 13.6. The van der Waals surface area contributed by atoms with Gasteiger partial charge in [-0.1, -0.05) is 30.3 Å². The second kappa shape index (κ2) is 6.34. The number of hydrogen-bond donors (Lipinski definition) is 3. The van der Waals surface area contributed by atoms with Crippen LogP contribution in [0.15, 0.2) is 66.9 Å². The number of aromatic amines is 1. The van der Waals surface area contributed by atoms with Gasteiger partial charge in [-0.15, -0.1) is 0 Å². The van der Waals surface area contributed by atoms with E-state index in [1.807, 2.05) is 18.2 Å². The van der Waals surface area contributed by atoms with E-state index in [0.29, 0.717) is 12.4 Å². The number of nitrogens with one attached hydrogen (secondary N) is 1. The predicted octanol–water partition coefficient (Wildman–Crippen LogP) is 5.20. The van der Waals surface area contributed by atoms with Gasteiger partial charge in [-0.3, -0.25) is 0 Å². The SMILES string of the molecule is Cc1ccc2c(C3COc4cc(O)ccc4C3c3ccc(O)cc3)c[nH]c2c1. The molecule has 4 heteroatoms. The van der Waals surface area contributed by atoms with Crippen LogP contribution in [0, 0.1) is 6.92 Å². The highest BCUT2D eigenvalue weighted by Crippen LogP contribution is 2.48. The Bertz CT molecular complexity index is 1160. The molecule has 1 aliphatic rings. The number of phenols is 2. The summed E-state index contributed by atoms with van der Waals surface area (Å²) in [6.45, 7) is 2.61. The standard InChI is InChI=1S/C24H21NO3/c1-14-2-8-18-20(12-25-22(18)10-14)21-13-28-23-11-17(27)7-9-19(23)24(21)15-3-5-16(26)6-4-15/h2-12,21,24-27H,13H2,1H3. The maximum atomic E-state index is 9.88. The van der Waals surface area contributed by atoms with E-state index in [-0.39, 0.29) is 23.3 Å². The Morgan fingerprint density at radius 1 is 0.893 bits per heavy atom. The molecule has 0 radical (unpaired) electrons. The summed E-state index contributed by atoms with van der Waals surface area (Å²) in [7, 11) is 0. The minimum atomic E-state index is 0.0604. The maximum absolute atomic E-state index is 9.88. The molecule has 0 saturated heterocycles. The lowest BCUT2D eigenvalue weighted by molar-refractivity contribution is 0.248. The van der Waals surface area contributed by atoms with Gasteiger partial charge in [-0.05, 0) is 47.9 Å². The monoisotopic (exact) mass is 371 g/mol. The van der Waals surface area contributed by atoms with Gasteiger partial charge in [0.1, 0.15) is 17.2 Å². The van der Waals surface area contributed by atoms with Gasteiger partial charge < -0.3 is 19.9 Å². The first-order valence-corrected chi connectivity index (χ1v) is 9.42. The van der Waals surface area contributed by atoms with E-state index in [2.05, 4.69) is 36.3 Å². The zero-order valence-corrected chi connectivity index (χ0v) is 15.5. The summed E-state index contributed by atoms with van der Waals surface area (Å²) >= 11 is 0. The van der Waals surface area contributed by atoms with Crippen molar-refractivity contribution in [1.29, 1.82) is 0 Å². The molecule has 140 valence electrons. The molecule has 3 aromatic carbocycles. The smallest absolute Gasteiger partial charge is 0.126 e. The molecule has 0 aliphatic carbocycles. The van der Waals surface area contributed by atoms with Crippen molar-refractivity contribution in [3.8, 4) is 17.2 Å². The summed E-state index contributed by atoms with van der Waals surface area (Å²) in [5, 5.41) is 20.8. The molecule has 1 aliphatic heterocycles. The Kier molecular flexibility index (Phi) is 3.79. The Morgan fingerprint density at radius 3 is 2.50 bits per heavy atom. The van der Waals surface area contributed by atoms with E-state index in [4.69, 9.17) is 4.74 Å². The number of aromatic hydroxyl groups is 2. The third-order valence-corrected chi connectivity index (χ3v) is 5.67. The van der Waals surface area contributed by atoms with Crippen molar-refractivity contribution in [2.75, 3.05) is 6.61 Å². The molecule has 4 aromatic rings. The molecule has 2 unspecified atom stereocenters. The molecule has 28 heavy (non-hydrogen) atoms. The highest BCUT2D eigenvalue weighted by molar-refractivity contribution is 5.84. The Hall–Kier alpha value is -3.40. The second-order valence-corrected chi connectivity index (χ2v) is 7.50. The minimum Gasteiger partial charge on any atom is -0.508 e. The van der Waals surface area contributed by atoms with Crippen LogP contribution in [0.25, 0.3) is 10.9 Å². The maximum Gasteiger partial charge on any atom is 0.126 e. The third-order valence-electron chi connectivity index (χ3n) is 5.67. The minimum absolute atomic E-state index is 0.0604. The third kappa shape index (κ3) is 2.69. The molecule has 2 heterocycles. The summed E-state index contributed by atoms with van der Waals surface area (Å²) in [6.07, 6.45) is 2.08. The second-order valence-electron chi connectivity index (χ2n) is 7.50. The van der Waals surface area contributed by atoms with Crippen LogP contribution in [0.1, 0.15) is 34.1 Å². The van der Waals surface area contributed by atoms with Gasteiger partial charge >= 0.3 is 0 Å². The fraction of sp³-hybridized carbons (Fsp3) is 0.167. The fourth-order valence-electron chi connectivity index (χ4n) is 4.33. The lowest BCUT2D eigenvalue weighted by atomic mass is 9.76. The first-order valence-electron chi connectivity index (χ1n) is 9.42. The molecule has 0 amide bonds. The zero-order chi connectivity index (χ0) is 19.3. The van der Waals surface area contributed by atoms with Crippen LogP contribution < -0.4 is 4.74 Å². The molecule has 2 atom stereocenters. The van der Waals surface area contributed by atoms with Crippen molar-refractivity contribution in [2.45, 2.75) is 18.8 Å². The first kappa shape index (κ1) is 16.8. The van der Waals surface area contributed by atoms with Gasteiger partial charge in [0, 0.05) is 40.6 Å². The summed E-state index contributed by atoms with van der Waals surface area (Å²) in [5.41, 5.74) is 5.71. The fourth-order valence-corrected chi connectivity index (χ4v) is 4.33. The molecule has 4 nitrogen and oxygen atoms in total. The zero-order valence-electron chi connectivity index (χ0n) is 15.5. The summed E-state index contributed by atoms with van der Waals surface area (Å²) in [4.78, 5) is 3.40. The van der Waals surface area contributed by atoms with Crippen molar-refractivity contribution in [2.24, 2.45) is 0 Å². The summed E-state index contributed by atoms with van der Waals surface area (Å²) in [6, 6.07) is 19.1. The highest BCUT2D eigenvalue weighted by atomic mass is 16.5. The number of ether oxygens (including phenoxy) is 1. The van der Waals surface area contributed by atoms with Gasteiger partial charge in [0.25, 0.3) is 0 Å². The van der Waals surface area contributed by atoms with Crippen LogP contribution in [0.5, 0.6) is 17.2 Å². The van der Waals surface area contributed by atoms with E-state index in [1.54, 1.807) is 24.3 Å². The number of H-pyrrole nitrogens is 1. The van der Waals surface area contributed by atoms with Crippen LogP contribution in [-0.2, 0) is 0 Å². The lowest BCUT2D eigenvalue weighted by Gasteiger charge is -2.34. The largest absolute Gasteiger partial charge is 0.508 e. The normalized spacial score (nSPS) is 18.6. The van der Waals surface area contributed by atoms with Crippen molar-refractivity contribution in [1.82, 2.24) is 4.98 Å². The number of aromatic nitrogens is 1. The van der Waals surface area contributed by atoms with Gasteiger partial charge in [0.2, 0.25) is 0 Å².